The Kier molecular flexibility index (Phi) is 13.9. The highest BCUT2D eigenvalue weighted by atomic mass is 16.7. The first kappa shape index (κ1) is 43.9. The zero-order valence-electron chi connectivity index (χ0n) is 35.3. The van der Waals surface area contributed by atoms with Gasteiger partial charge in [0.15, 0.2) is 12.5 Å². The van der Waals surface area contributed by atoms with Crippen molar-refractivity contribution in [3.8, 4) is 11.1 Å². The molecular weight excluding hydrogens is 801 g/mol. The Hall–Kier alpha value is -6.17. The summed E-state index contributed by atoms with van der Waals surface area (Å²) >= 11 is 0. The normalized spacial score (nSPS) is 21.3. The number of nitrogens with zero attached hydrogens (tertiary/aromatic N) is 4. The van der Waals surface area contributed by atoms with Crippen LogP contribution in [-0.4, -0.2) is 112 Å². The van der Waals surface area contributed by atoms with Gasteiger partial charge in [-0.05, 0) is 74.8 Å². The second kappa shape index (κ2) is 19.7. The predicted molar refractivity (Wildman–Crippen MR) is 227 cm³/mol. The molecule has 4 atom stereocenters. The van der Waals surface area contributed by atoms with Crippen LogP contribution in [0.5, 0.6) is 0 Å². The summed E-state index contributed by atoms with van der Waals surface area (Å²) in [5.74, 6) is -1.47. The maximum Gasteiger partial charge on any atom is 0.416 e. The van der Waals surface area contributed by atoms with Crippen molar-refractivity contribution in [3.63, 3.8) is 0 Å². The number of amides is 4. The number of methoxy groups -OCH3 is 1. The Morgan fingerprint density at radius 2 is 1.73 bits per heavy atom. The highest BCUT2D eigenvalue weighted by molar-refractivity contribution is 6.04. The van der Waals surface area contributed by atoms with Crippen LogP contribution in [0.2, 0.25) is 0 Å². The molecule has 0 spiro atoms. The number of rotatable bonds is 15. The molecular formula is C45H54N6O11. The maximum atomic E-state index is 14.3. The molecule has 0 saturated carbocycles. The number of hydrogen-bond donors (Lipinski definition) is 3. The summed E-state index contributed by atoms with van der Waals surface area (Å²) in [5, 5.41) is 15.1. The van der Waals surface area contributed by atoms with E-state index in [0.29, 0.717) is 66.5 Å². The van der Waals surface area contributed by atoms with Gasteiger partial charge in [0.1, 0.15) is 29.9 Å². The lowest BCUT2D eigenvalue weighted by Crippen LogP contribution is -2.56. The molecule has 5 heterocycles. The fourth-order valence-electron chi connectivity index (χ4n) is 8.35. The third kappa shape index (κ3) is 9.80. The molecule has 2 fully saturated rings. The average molecular weight is 855 g/mol. The number of aromatic carboxylic acids is 1. The first-order chi connectivity index (χ1) is 29.9. The predicted octanol–water partition coefficient (Wildman–Crippen LogP) is 6.16. The number of benzene rings is 1. The summed E-state index contributed by atoms with van der Waals surface area (Å²) in [7, 11) is 4.90. The lowest BCUT2D eigenvalue weighted by molar-refractivity contribution is -0.226. The Morgan fingerprint density at radius 3 is 2.44 bits per heavy atom. The van der Waals surface area contributed by atoms with Crippen molar-refractivity contribution in [2.75, 3.05) is 44.1 Å². The van der Waals surface area contributed by atoms with Crippen molar-refractivity contribution in [1.82, 2.24) is 18.9 Å². The van der Waals surface area contributed by atoms with E-state index in [-0.39, 0.29) is 49.5 Å². The number of carbonyl (C=O) groups excluding carboxylic acids is 4. The topological polar surface area (TPSA) is 192 Å². The van der Waals surface area contributed by atoms with Crippen LogP contribution in [0, 0.1) is 0 Å². The summed E-state index contributed by atoms with van der Waals surface area (Å²) < 4.78 is 33.4. The first-order valence-corrected chi connectivity index (χ1v) is 21.0. The molecule has 17 nitrogen and oxygen atoms in total. The summed E-state index contributed by atoms with van der Waals surface area (Å²) in [6.45, 7) is 4.86. The van der Waals surface area contributed by atoms with E-state index in [4.69, 9.17) is 23.7 Å². The van der Waals surface area contributed by atoms with Crippen LogP contribution >= 0.6 is 0 Å². The van der Waals surface area contributed by atoms with Gasteiger partial charge in [-0.3, -0.25) is 14.4 Å². The lowest BCUT2D eigenvalue weighted by atomic mass is 9.96. The Balaban J connectivity index is 0.987. The van der Waals surface area contributed by atoms with E-state index >= 15 is 0 Å². The summed E-state index contributed by atoms with van der Waals surface area (Å²) in [5.41, 5.74) is 3.73. The molecule has 0 radical (unpaired) electrons. The van der Waals surface area contributed by atoms with Gasteiger partial charge in [0, 0.05) is 82.5 Å². The molecule has 1 aromatic carbocycles. The summed E-state index contributed by atoms with van der Waals surface area (Å²) in [4.78, 5) is 69.2. The van der Waals surface area contributed by atoms with E-state index < -0.39 is 36.7 Å². The van der Waals surface area contributed by atoms with Gasteiger partial charge >= 0.3 is 12.1 Å². The maximum absolute atomic E-state index is 14.3. The van der Waals surface area contributed by atoms with E-state index in [1.807, 2.05) is 4.90 Å². The quantitative estimate of drug-likeness (QED) is 0.117. The van der Waals surface area contributed by atoms with Gasteiger partial charge in [-0.15, -0.1) is 0 Å². The smallest absolute Gasteiger partial charge is 0.416 e. The third-order valence-corrected chi connectivity index (χ3v) is 11.5. The number of aryl methyl sites for hydroxylation is 2. The average Bonchev–Trinajstić information content (AvgIpc) is 3.83. The number of ether oxygens (including phenoxy) is 5. The second-order valence-corrected chi connectivity index (χ2v) is 15.7. The van der Waals surface area contributed by atoms with Crippen molar-refractivity contribution in [2.45, 2.75) is 82.5 Å². The van der Waals surface area contributed by atoms with Crippen molar-refractivity contribution in [2.24, 2.45) is 14.1 Å². The van der Waals surface area contributed by atoms with Crippen LogP contribution in [0.1, 0.15) is 78.8 Å². The van der Waals surface area contributed by atoms with E-state index in [9.17, 15) is 29.1 Å². The highest BCUT2D eigenvalue weighted by Gasteiger charge is 2.48. The molecule has 4 aliphatic rings. The molecule has 3 unspecified atom stereocenters. The fourth-order valence-corrected chi connectivity index (χ4v) is 8.35. The zero-order valence-corrected chi connectivity index (χ0v) is 35.3. The molecule has 3 N–H and O–H groups in total. The van der Waals surface area contributed by atoms with E-state index in [2.05, 4.69) is 17.2 Å². The lowest BCUT2D eigenvalue weighted by Gasteiger charge is -2.43. The van der Waals surface area contributed by atoms with Gasteiger partial charge < -0.3 is 53.5 Å². The van der Waals surface area contributed by atoms with Crippen LogP contribution < -0.4 is 10.6 Å². The number of anilines is 2. The number of hydrogen-bond acceptors (Lipinski definition) is 10. The number of aromatic nitrogens is 2. The van der Waals surface area contributed by atoms with Crippen LogP contribution in [0.4, 0.5) is 16.2 Å². The van der Waals surface area contributed by atoms with Crippen molar-refractivity contribution in [3.05, 3.63) is 95.9 Å². The standard InChI is InChI=1S/C45H54N6O11/c1-5-19-61-45(57)51-34-25-38(37(58-4)24-32(34)42(54)50-18-8-6-11-33(50)43(51)62-40-13-7-9-20-60-40)59-21-10-12-39(52)46-31-23-35(49(3)27-31)41(53)47-30-16-14-28(15-17-30)29-22-36(44(55)56)48(2)26-29/h5,14-17,22-23,25-27,33,37,40,43H,1,6-13,18-21,24H2,2-4H3,(H,46,52)(H,47,53)(H,55,56)/t33-,37?,40?,43?/m0/s1. The van der Waals surface area contributed by atoms with Gasteiger partial charge in [-0.2, -0.15) is 0 Å². The Morgan fingerprint density at radius 1 is 0.952 bits per heavy atom. The number of carbonyl (C=O) groups is 5. The fraction of sp³-hybridized carbons (Fsp3) is 0.444. The molecule has 1 aliphatic carbocycles. The van der Waals surface area contributed by atoms with E-state index in [1.165, 1.54) is 22.7 Å². The highest BCUT2D eigenvalue weighted by Crippen LogP contribution is 2.39. The number of fused-ring (bicyclic) bond motifs is 1. The summed E-state index contributed by atoms with van der Waals surface area (Å²) in [6.07, 6.45) is 9.20. The van der Waals surface area contributed by atoms with Gasteiger partial charge in [0.2, 0.25) is 5.91 Å². The molecule has 2 aromatic heterocycles. The number of allylic oxidation sites excluding steroid dienone is 1. The van der Waals surface area contributed by atoms with Crippen molar-refractivity contribution >= 4 is 41.2 Å². The monoisotopic (exact) mass is 854 g/mol. The molecule has 7 rings (SSSR count). The largest absolute Gasteiger partial charge is 0.495 e. The molecule has 3 aromatic rings. The Labute approximate surface area is 359 Å². The number of carboxylic acids is 1. The van der Waals surface area contributed by atoms with Crippen molar-refractivity contribution in [1.29, 1.82) is 0 Å². The Bertz CT molecular complexity index is 2230. The molecule has 3 aliphatic heterocycles. The van der Waals surface area contributed by atoms with Crippen LogP contribution in [0.3, 0.4) is 0 Å². The molecule has 2 saturated heterocycles. The van der Waals surface area contributed by atoms with Gasteiger partial charge in [0.25, 0.3) is 11.8 Å². The van der Waals surface area contributed by atoms with Gasteiger partial charge in [-0.25, -0.2) is 14.5 Å². The molecule has 0 bridgehead atoms. The van der Waals surface area contributed by atoms with Gasteiger partial charge in [0.05, 0.1) is 24.0 Å². The molecule has 330 valence electrons. The zero-order chi connectivity index (χ0) is 43.9. The summed E-state index contributed by atoms with van der Waals surface area (Å²) in [6, 6.07) is 9.80. The molecule has 17 heteroatoms. The first-order valence-electron chi connectivity index (χ1n) is 21.0. The number of nitrogens with one attached hydrogen (secondary N) is 2. The number of piperidine rings is 1. The van der Waals surface area contributed by atoms with Crippen LogP contribution in [0.15, 0.2) is 84.6 Å². The minimum atomic E-state index is -1.02. The molecule has 62 heavy (non-hydrogen) atoms. The van der Waals surface area contributed by atoms with E-state index in [0.717, 1.165) is 36.8 Å². The van der Waals surface area contributed by atoms with Crippen LogP contribution in [-0.2, 0) is 47.4 Å². The number of carboxylic acid groups (broad SMARTS) is 1. The molecule has 4 amide bonds. The SMILES string of the molecule is C=CCOC(=O)N1C2=C(CC(OC)C(OCCCC(=O)Nc3cc(C(=O)Nc4ccc(-c5cc(C(=O)O)n(C)c5)cc4)n(C)c3)=C2)C(=O)N2CCCC[C@H]2C1OC1CCCCO1. The van der Waals surface area contributed by atoms with Gasteiger partial charge in [-0.1, -0.05) is 24.8 Å². The second-order valence-electron chi connectivity index (χ2n) is 15.7. The third-order valence-electron chi connectivity index (χ3n) is 11.5. The minimum absolute atomic E-state index is 0.0370. The van der Waals surface area contributed by atoms with E-state index in [1.54, 1.807) is 73.5 Å². The van der Waals surface area contributed by atoms with Crippen LogP contribution in [0.25, 0.3) is 11.1 Å². The van der Waals surface area contributed by atoms with Crippen molar-refractivity contribution < 1.29 is 52.8 Å². The minimum Gasteiger partial charge on any atom is -0.495 e.